The zero-order chi connectivity index (χ0) is 14.2. The van der Waals surface area contributed by atoms with Gasteiger partial charge in [-0.05, 0) is 25.0 Å². The Morgan fingerprint density at radius 2 is 2.05 bits per heavy atom. The number of aliphatic carboxylic acids is 1. The van der Waals surface area contributed by atoms with Crippen molar-refractivity contribution in [2.75, 3.05) is 6.54 Å². The SMILES string of the molecule is O=C(NCC1(C(=O)O)CCC1)c1cc2ccccc2o1. The average Bonchev–Trinajstić information content (AvgIpc) is 2.80. The first-order valence-corrected chi connectivity index (χ1v) is 6.61. The summed E-state index contributed by atoms with van der Waals surface area (Å²) in [6.07, 6.45) is 2.12. The van der Waals surface area contributed by atoms with E-state index in [1.54, 1.807) is 12.1 Å². The van der Waals surface area contributed by atoms with Crippen molar-refractivity contribution in [2.24, 2.45) is 5.41 Å². The van der Waals surface area contributed by atoms with Crippen LogP contribution in [0.1, 0.15) is 29.8 Å². The zero-order valence-electron chi connectivity index (χ0n) is 10.9. The molecule has 5 nitrogen and oxygen atoms in total. The van der Waals surface area contributed by atoms with Crippen LogP contribution >= 0.6 is 0 Å². The van der Waals surface area contributed by atoms with E-state index in [2.05, 4.69) is 5.32 Å². The molecule has 20 heavy (non-hydrogen) atoms. The second-order valence-corrected chi connectivity index (χ2v) is 5.27. The minimum atomic E-state index is -0.839. The molecule has 1 fully saturated rings. The minimum Gasteiger partial charge on any atom is -0.481 e. The summed E-state index contributed by atoms with van der Waals surface area (Å²) < 4.78 is 5.45. The quantitative estimate of drug-likeness (QED) is 0.896. The molecule has 1 aromatic heterocycles. The number of carbonyl (C=O) groups is 2. The largest absolute Gasteiger partial charge is 0.481 e. The molecule has 104 valence electrons. The van der Waals surface area contributed by atoms with Crippen LogP contribution in [0.4, 0.5) is 0 Å². The van der Waals surface area contributed by atoms with Crippen LogP contribution in [-0.4, -0.2) is 23.5 Å². The second-order valence-electron chi connectivity index (χ2n) is 5.27. The van der Waals surface area contributed by atoms with E-state index in [1.165, 1.54) is 0 Å². The van der Waals surface area contributed by atoms with Crippen molar-refractivity contribution in [1.29, 1.82) is 0 Å². The van der Waals surface area contributed by atoms with Crippen molar-refractivity contribution in [3.05, 3.63) is 36.1 Å². The standard InChI is InChI=1S/C15H15NO4/c17-13(16-9-15(14(18)19)6-3-7-15)12-8-10-4-1-2-5-11(10)20-12/h1-2,4-5,8H,3,6-7,9H2,(H,16,17)(H,18,19). The molecule has 0 unspecified atom stereocenters. The number of nitrogens with one attached hydrogen (secondary N) is 1. The summed E-state index contributed by atoms with van der Waals surface area (Å²) in [5.41, 5.74) is -0.143. The van der Waals surface area contributed by atoms with Crippen molar-refractivity contribution >= 4 is 22.8 Å². The highest BCUT2D eigenvalue weighted by Gasteiger charge is 2.44. The van der Waals surface area contributed by atoms with Crippen LogP contribution in [0.15, 0.2) is 34.7 Å². The molecule has 1 saturated carbocycles. The van der Waals surface area contributed by atoms with Crippen molar-refractivity contribution in [3.63, 3.8) is 0 Å². The van der Waals surface area contributed by atoms with Gasteiger partial charge in [0.05, 0.1) is 5.41 Å². The number of carbonyl (C=O) groups excluding carboxylic acids is 1. The number of benzene rings is 1. The predicted molar refractivity (Wildman–Crippen MR) is 72.5 cm³/mol. The van der Waals surface area contributed by atoms with Crippen LogP contribution in [0.2, 0.25) is 0 Å². The van der Waals surface area contributed by atoms with E-state index in [9.17, 15) is 14.7 Å². The zero-order valence-corrected chi connectivity index (χ0v) is 10.9. The highest BCUT2D eigenvalue weighted by atomic mass is 16.4. The lowest BCUT2D eigenvalue weighted by Crippen LogP contribution is -2.47. The summed E-state index contributed by atoms with van der Waals surface area (Å²) in [6, 6.07) is 9.02. The third-order valence-corrected chi connectivity index (χ3v) is 4.00. The summed E-state index contributed by atoms with van der Waals surface area (Å²) in [5.74, 6) is -0.992. The van der Waals surface area contributed by atoms with Gasteiger partial charge in [0, 0.05) is 11.9 Å². The summed E-state index contributed by atoms with van der Waals surface area (Å²) in [6.45, 7) is 0.151. The smallest absolute Gasteiger partial charge is 0.311 e. The van der Waals surface area contributed by atoms with Gasteiger partial charge in [-0.25, -0.2) is 0 Å². The number of hydrogen-bond acceptors (Lipinski definition) is 3. The molecule has 2 N–H and O–H groups in total. The minimum absolute atomic E-state index is 0.151. The molecule has 0 atom stereocenters. The molecule has 0 saturated heterocycles. The fraction of sp³-hybridized carbons (Fsp3) is 0.333. The maximum atomic E-state index is 12.0. The number of furan rings is 1. The van der Waals surface area contributed by atoms with E-state index in [4.69, 9.17) is 4.42 Å². The molecule has 1 aliphatic carbocycles. The summed E-state index contributed by atoms with van der Waals surface area (Å²) in [5, 5.41) is 12.7. The molecule has 5 heteroatoms. The number of fused-ring (bicyclic) bond motifs is 1. The Kier molecular flexibility index (Phi) is 2.97. The first-order valence-electron chi connectivity index (χ1n) is 6.61. The number of hydrogen-bond donors (Lipinski definition) is 2. The Labute approximate surface area is 115 Å². The van der Waals surface area contributed by atoms with E-state index in [1.807, 2.05) is 18.2 Å². The van der Waals surface area contributed by atoms with Crippen molar-refractivity contribution < 1.29 is 19.1 Å². The monoisotopic (exact) mass is 273 g/mol. The number of carboxylic acids is 1. The van der Waals surface area contributed by atoms with Gasteiger partial charge in [0.25, 0.3) is 5.91 Å². The molecule has 1 amide bonds. The molecule has 0 spiro atoms. The van der Waals surface area contributed by atoms with Gasteiger partial charge < -0.3 is 14.8 Å². The third-order valence-electron chi connectivity index (χ3n) is 4.00. The molecule has 2 aromatic rings. The first kappa shape index (κ1) is 12.7. The lowest BCUT2D eigenvalue weighted by Gasteiger charge is -2.37. The number of rotatable bonds is 4. The first-order chi connectivity index (χ1) is 9.61. The van der Waals surface area contributed by atoms with Crippen LogP contribution < -0.4 is 5.32 Å². The molecule has 3 rings (SSSR count). The van der Waals surface area contributed by atoms with Gasteiger partial charge in [-0.3, -0.25) is 9.59 Å². The van der Waals surface area contributed by atoms with Gasteiger partial charge in [-0.2, -0.15) is 0 Å². The van der Waals surface area contributed by atoms with Crippen molar-refractivity contribution in [1.82, 2.24) is 5.32 Å². The highest BCUT2D eigenvalue weighted by molar-refractivity contribution is 5.96. The summed E-state index contributed by atoms with van der Waals surface area (Å²) in [7, 11) is 0. The van der Waals surface area contributed by atoms with Crippen LogP contribution in [0.3, 0.4) is 0 Å². The predicted octanol–water partition coefficient (Wildman–Crippen LogP) is 2.42. The van der Waals surface area contributed by atoms with Crippen molar-refractivity contribution in [3.8, 4) is 0 Å². The molecule has 0 radical (unpaired) electrons. The molecule has 1 aromatic carbocycles. The van der Waals surface area contributed by atoms with Crippen LogP contribution in [0.25, 0.3) is 11.0 Å². The summed E-state index contributed by atoms with van der Waals surface area (Å²) in [4.78, 5) is 23.2. The lowest BCUT2D eigenvalue weighted by molar-refractivity contribution is -0.153. The lowest BCUT2D eigenvalue weighted by atomic mass is 9.69. The van der Waals surface area contributed by atoms with E-state index in [-0.39, 0.29) is 18.2 Å². The molecular formula is C15H15NO4. The van der Waals surface area contributed by atoms with Gasteiger partial charge in [-0.15, -0.1) is 0 Å². The Hall–Kier alpha value is -2.30. The van der Waals surface area contributed by atoms with E-state index in [0.717, 1.165) is 11.8 Å². The molecule has 0 bridgehead atoms. The van der Waals surface area contributed by atoms with Gasteiger partial charge in [-0.1, -0.05) is 24.6 Å². The highest BCUT2D eigenvalue weighted by Crippen LogP contribution is 2.40. The summed E-state index contributed by atoms with van der Waals surface area (Å²) >= 11 is 0. The van der Waals surface area contributed by atoms with Gasteiger partial charge in [0.2, 0.25) is 0 Å². The Morgan fingerprint density at radius 3 is 2.65 bits per heavy atom. The fourth-order valence-electron chi connectivity index (χ4n) is 2.50. The normalized spacial score (nSPS) is 16.6. The fourth-order valence-corrected chi connectivity index (χ4v) is 2.50. The number of para-hydroxylation sites is 1. The Balaban J connectivity index is 1.71. The maximum absolute atomic E-state index is 12.0. The van der Waals surface area contributed by atoms with E-state index in [0.29, 0.717) is 18.4 Å². The van der Waals surface area contributed by atoms with Crippen LogP contribution in [0, 0.1) is 5.41 Å². The Morgan fingerprint density at radius 1 is 1.30 bits per heavy atom. The average molecular weight is 273 g/mol. The number of carboxylic acid groups (broad SMARTS) is 1. The molecular weight excluding hydrogens is 258 g/mol. The third kappa shape index (κ3) is 2.05. The maximum Gasteiger partial charge on any atom is 0.311 e. The second kappa shape index (κ2) is 4.67. The van der Waals surface area contributed by atoms with Crippen molar-refractivity contribution in [2.45, 2.75) is 19.3 Å². The topological polar surface area (TPSA) is 79.5 Å². The molecule has 1 heterocycles. The van der Waals surface area contributed by atoms with E-state index < -0.39 is 11.4 Å². The van der Waals surface area contributed by atoms with Gasteiger partial charge in [0.1, 0.15) is 5.58 Å². The number of amides is 1. The van der Waals surface area contributed by atoms with E-state index >= 15 is 0 Å². The van der Waals surface area contributed by atoms with Gasteiger partial charge >= 0.3 is 5.97 Å². The van der Waals surface area contributed by atoms with Gasteiger partial charge in [0.15, 0.2) is 5.76 Å². The molecule has 0 aliphatic heterocycles. The van der Waals surface area contributed by atoms with Crippen LogP contribution in [0.5, 0.6) is 0 Å². The van der Waals surface area contributed by atoms with Crippen LogP contribution in [-0.2, 0) is 4.79 Å². The Bertz CT molecular complexity index is 636. The molecule has 1 aliphatic rings.